The van der Waals surface area contributed by atoms with Gasteiger partial charge in [-0.05, 0) is 30.2 Å². The van der Waals surface area contributed by atoms with Gasteiger partial charge >= 0.3 is 6.61 Å². The molecule has 0 heterocycles. The van der Waals surface area contributed by atoms with E-state index in [1.807, 2.05) is 0 Å². The Morgan fingerprint density at radius 1 is 1.36 bits per heavy atom. The number of benzene rings is 1. The van der Waals surface area contributed by atoms with Crippen LogP contribution < -0.4 is 9.47 Å². The van der Waals surface area contributed by atoms with Crippen LogP contribution in [0.3, 0.4) is 0 Å². The van der Waals surface area contributed by atoms with Gasteiger partial charge in [-0.3, -0.25) is 4.79 Å². The predicted molar refractivity (Wildman–Crippen MR) is 81.2 cm³/mol. The highest BCUT2D eigenvalue weighted by Crippen LogP contribution is 2.29. The number of hydrogen-bond donors (Lipinski definition) is 0. The Balaban J connectivity index is 2.77. The van der Waals surface area contributed by atoms with Gasteiger partial charge in [0.2, 0.25) is 5.91 Å². The molecular weight excluding hydrogens is 292 g/mol. The van der Waals surface area contributed by atoms with Gasteiger partial charge in [0.15, 0.2) is 11.5 Å². The van der Waals surface area contributed by atoms with Crippen molar-refractivity contribution < 1.29 is 23.0 Å². The predicted octanol–water partition coefficient (Wildman–Crippen LogP) is 3.57. The van der Waals surface area contributed by atoms with Gasteiger partial charge in [0.1, 0.15) is 0 Å². The zero-order chi connectivity index (χ0) is 16.5. The highest BCUT2D eigenvalue weighted by molar-refractivity contribution is 5.91. The number of rotatable bonds is 8. The number of amides is 1. The molecule has 0 saturated heterocycles. The summed E-state index contributed by atoms with van der Waals surface area (Å²) in [6, 6.07) is 4.50. The van der Waals surface area contributed by atoms with Crippen molar-refractivity contribution in [2.24, 2.45) is 0 Å². The number of halogens is 2. The monoisotopic (exact) mass is 313 g/mol. The van der Waals surface area contributed by atoms with Crippen molar-refractivity contribution >= 4 is 12.0 Å². The van der Waals surface area contributed by atoms with Crippen LogP contribution in [0.1, 0.15) is 25.3 Å². The molecule has 1 aromatic rings. The number of unbranched alkanes of at least 4 members (excludes halogenated alkanes) is 1. The number of nitrogens with zero attached hydrogens (tertiary/aromatic N) is 1. The largest absolute Gasteiger partial charge is 0.493 e. The average Bonchev–Trinajstić information content (AvgIpc) is 2.50. The van der Waals surface area contributed by atoms with Crippen molar-refractivity contribution in [1.82, 2.24) is 4.90 Å². The molecule has 0 radical (unpaired) electrons. The molecule has 0 aromatic heterocycles. The molecule has 0 spiro atoms. The van der Waals surface area contributed by atoms with E-state index in [1.54, 1.807) is 24.1 Å². The molecule has 122 valence electrons. The third-order valence-corrected chi connectivity index (χ3v) is 3.05. The first-order valence-corrected chi connectivity index (χ1v) is 7.04. The van der Waals surface area contributed by atoms with E-state index in [4.69, 9.17) is 4.74 Å². The molecule has 1 aromatic carbocycles. The summed E-state index contributed by atoms with van der Waals surface area (Å²) in [6.45, 7) is -0.155. The van der Waals surface area contributed by atoms with E-state index in [1.165, 1.54) is 25.3 Å². The molecule has 0 aliphatic carbocycles. The van der Waals surface area contributed by atoms with Gasteiger partial charge in [0.05, 0.1) is 7.11 Å². The lowest BCUT2D eigenvalue weighted by molar-refractivity contribution is -0.124. The van der Waals surface area contributed by atoms with Crippen LogP contribution in [-0.2, 0) is 4.79 Å². The van der Waals surface area contributed by atoms with E-state index in [2.05, 4.69) is 11.7 Å². The Labute approximate surface area is 129 Å². The molecule has 0 aliphatic rings. The molecule has 0 unspecified atom stereocenters. The number of hydrogen-bond acceptors (Lipinski definition) is 3. The van der Waals surface area contributed by atoms with Gasteiger partial charge in [0, 0.05) is 19.7 Å². The zero-order valence-electron chi connectivity index (χ0n) is 13.0. The fourth-order valence-corrected chi connectivity index (χ4v) is 1.78. The van der Waals surface area contributed by atoms with E-state index in [0.29, 0.717) is 12.1 Å². The highest BCUT2D eigenvalue weighted by Gasteiger charge is 2.10. The highest BCUT2D eigenvalue weighted by atomic mass is 19.3. The van der Waals surface area contributed by atoms with Crippen molar-refractivity contribution in [2.45, 2.75) is 26.4 Å². The number of alkyl halides is 2. The summed E-state index contributed by atoms with van der Waals surface area (Å²) in [5, 5.41) is 0. The molecule has 0 saturated carbocycles. The van der Waals surface area contributed by atoms with Crippen LogP contribution in [0.2, 0.25) is 0 Å². The fourth-order valence-electron chi connectivity index (χ4n) is 1.78. The van der Waals surface area contributed by atoms with Crippen molar-refractivity contribution in [3.05, 3.63) is 29.8 Å². The number of carbonyl (C=O) groups excluding carboxylic acids is 1. The van der Waals surface area contributed by atoms with Crippen LogP contribution in [0.4, 0.5) is 8.78 Å². The maximum Gasteiger partial charge on any atom is 0.387 e. The van der Waals surface area contributed by atoms with E-state index >= 15 is 0 Å². The second-order valence-corrected chi connectivity index (χ2v) is 4.74. The van der Waals surface area contributed by atoms with Gasteiger partial charge in [-0.1, -0.05) is 19.4 Å². The molecule has 6 heteroatoms. The number of methoxy groups -OCH3 is 1. The minimum Gasteiger partial charge on any atom is -0.493 e. The first-order valence-electron chi connectivity index (χ1n) is 7.04. The van der Waals surface area contributed by atoms with Crippen LogP contribution in [0, 0.1) is 0 Å². The molecular formula is C16H21F2NO3. The molecule has 4 nitrogen and oxygen atoms in total. The Bertz CT molecular complexity index is 518. The van der Waals surface area contributed by atoms with Gasteiger partial charge in [0.25, 0.3) is 0 Å². The molecule has 22 heavy (non-hydrogen) atoms. The quantitative estimate of drug-likeness (QED) is 0.689. The SMILES string of the molecule is CCCCN(C)C(=O)/C=C\c1ccc(OC(F)F)c(OC)c1. The van der Waals surface area contributed by atoms with E-state index in [-0.39, 0.29) is 17.4 Å². The Kier molecular flexibility index (Phi) is 7.36. The van der Waals surface area contributed by atoms with Crippen molar-refractivity contribution in [1.29, 1.82) is 0 Å². The number of carbonyl (C=O) groups is 1. The maximum atomic E-state index is 12.2. The van der Waals surface area contributed by atoms with Crippen molar-refractivity contribution in [3.63, 3.8) is 0 Å². The lowest BCUT2D eigenvalue weighted by Crippen LogP contribution is -2.25. The minimum atomic E-state index is -2.91. The molecule has 0 atom stereocenters. The van der Waals surface area contributed by atoms with Crippen LogP contribution in [0.15, 0.2) is 24.3 Å². The average molecular weight is 313 g/mol. The smallest absolute Gasteiger partial charge is 0.387 e. The number of ether oxygens (including phenoxy) is 2. The van der Waals surface area contributed by atoms with Crippen molar-refractivity contribution in [2.75, 3.05) is 20.7 Å². The van der Waals surface area contributed by atoms with E-state index in [0.717, 1.165) is 12.8 Å². The standard InChI is InChI=1S/C16H21F2NO3/c1-4-5-10-19(2)15(20)9-7-12-6-8-13(22-16(17)18)14(11-12)21-3/h6-9,11,16H,4-5,10H2,1-3H3/b9-7-. The second-order valence-electron chi connectivity index (χ2n) is 4.74. The maximum absolute atomic E-state index is 12.2. The van der Waals surface area contributed by atoms with Crippen LogP contribution >= 0.6 is 0 Å². The zero-order valence-corrected chi connectivity index (χ0v) is 13.0. The summed E-state index contributed by atoms with van der Waals surface area (Å²) in [6.07, 6.45) is 5.02. The molecule has 1 amide bonds. The van der Waals surface area contributed by atoms with E-state index < -0.39 is 6.61 Å². The van der Waals surface area contributed by atoms with Crippen LogP contribution in [0.5, 0.6) is 11.5 Å². The summed E-state index contributed by atoms with van der Waals surface area (Å²) in [5.41, 5.74) is 0.663. The summed E-state index contributed by atoms with van der Waals surface area (Å²) < 4.78 is 33.8. The number of likely N-dealkylation sites (N-methyl/N-ethyl adjacent to an activating group) is 1. The minimum absolute atomic E-state index is 0.0407. The van der Waals surface area contributed by atoms with Gasteiger partial charge in [-0.15, -0.1) is 0 Å². The Hall–Kier alpha value is -2.11. The lowest BCUT2D eigenvalue weighted by atomic mass is 10.2. The fraction of sp³-hybridized carbons (Fsp3) is 0.438. The first kappa shape index (κ1) is 17.9. The summed E-state index contributed by atoms with van der Waals surface area (Å²) in [5.74, 6) is 0.0376. The third-order valence-electron chi connectivity index (χ3n) is 3.05. The van der Waals surface area contributed by atoms with Gasteiger partial charge in [-0.2, -0.15) is 8.78 Å². The third kappa shape index (κ3) is 5.71. The molecule has 0 N–H and O–H groups in total. The topological polar surface area (TPSA) is 38.8 Å². The van der Waals surface area contributed by atoms with Gasteiger partial charge in [-0.25, -0.2) is 0 Å². The summed E-state index contributed by atoms with van der Waals surface area (Å²) in [4.78, 5) is 13.5. The summed E-state index contributed by atoms with van der Waals surface area (Å²) >= 11 is 0. The molecule has 0 bridgehead atoms. The van der Waals surface area contributed by atoms with Gasteiger partial charge < -0.3 is 14.4 Å². The molecule has 0 fully saturated rings. The Morgan fingerprint density at radius 2 is 2.09 bits per heavy atom. The molecule has 1 rings (SSSR count). The van der Waals surface area contributed by atoms with Crippen LogP contribution in [-0.4, -0.2) is 38.1 Å². The Morgan fingerprint density at radius 3 is 2.68 bits per heavy atom. The molecule has 0 aliphatic heterocycles. The van der Waals surface area contributed by atoms with Crippen molar-refractivity contribution in [3.8, 4) is 11.5 Å². The first-order chi connectivity index (χ1) is 10.5. The summed E-state index contributed by atoms with van der Waals surface area (Å²) in [7, 11) is 3.10. The normalized spacial score (nSPS) is 11.0. The van der Waals surface area contributed by atoms with Crippen LogP contribution in [0.25, 0.3) is 6.08 Å². The lowest BCUT2D eigenvalue weighted by Gasteiger charge is -2.14. The van der Waals surface area contributed by atoms with E-state index in [9.17, 15) is 13.6 Å². The second kappa shape index (κ2) is 9.02.